The average molecular weight is 456 g/mol. The van der Waals surface area contributed by atoms with Gasteiger partial charge in [0.05, 0.1) is 15.4 Å². The van der Waals surface area contributed by atoms with Gasteiger partial charge in [-0.25, -0.2) is 4.79 Å². The molecule has 2 amide bonds. The van der Waals surface area contributed by atoms with E-state index in [2.05, 4.69) is 5.32 Å². The van der Waals surface area contributed by atoms with E-state index in [0.717, 1.165) is 22.6 Å². The van der Waals surface area contributed by atoms with Crippen molar-refractivity contribution < 1.29 is 24.2 Å². The lowest BCUT2D eigenvalue weighted by atomic mass is 10.0. The van der Waals surface area contributed by atoms with Crippen LogP contribution in [0.1, 0.15) is 31.9 Å². The number of hydrogen-bond acceptors (Lipinski definition) is 7. The Morgan fingerprint density at radius 2 is 1.67 bits per heavy atom. The molecule has 1 N–H and O–H groups in total. The number of nitrogens with zero attached hydrogens (tertiary/aromatic N) is 3. The maximum absolute atomic E-state index is 13.5. The number of alkyl carbamates (subject to hydrolysis) is 1. The van der Waals surface area contributed by atoms with E-state index in [1.807, 2.05) is 0 Å². The maximum Gasteiger partial charge on any atom is 0.408 e. The zero-order chi connectivity index (χ0) is 24.3. The standard InChI is InChI=1S/C22H24N4O7/c1-22(2,3)33-21(28)23-16(13-14-7-5-4-6-8-14)20(27)24-12-11-15-17(25(29)30)9-10-18(19(15)24)26(31)32/h4-10,16H,11-13H2,1-3H3,(H,23,28)/t16-/m0/s1. The zero-order valence-corrected chi connectivity index (χ0v) is 18.4. The molecule has 11 heteroatoms. The summed E-state index contributed by atoms with van der Waals surface area (Å²) in [5.41, 5.74) is -0.728. The first-order chi connectivity index (χ1) is 15.5. The van der Waals surface area contributed by atoms with Crippen LogP contribution >= 0.6 is 0 Å². The lowest BCUT2D eigenvalue weighted by Gasteiger charge is -2.26. The van der Waals surface area contributed by atoms with Gasteiger partial charge in [-0.1, -0.05) is 30.3 Å². The second-order valence-electron chi connectivity index (χ2n) is 8.57. The normalized spacial score (nSPS) is 13.7. The molecule has 33 heavy (non-hydrogen) atoms. The maximum atomic E-state index is 13.5. The number of nitrogens with one attached hydrogen (secondary N) is 1. The minimum atomic E-state index is -1.10. The summed E-state index contributed by atoms with van der Waals surface area (Å²) in [6.07, 6.45) is -0.624. The van der Waals surface area contributed by atoms with Crippen molar-refractivity contribution in [1.82, 2.24) is 5.32 Å². The second kappa shape index (κ2) is 9.23. The van der Waals surface area contributed by atoms with E-state index < -0.39 is 39.2 Å². The summed E-state index contributed by atoms with van der Waals surface area (Å²) in [6, 6.07) is 9.92. The Labute approximate surface area is 189 Å². The monoisotopic (exact) mass is 456 g/mol. The van der Waals surface area contributed by atoms with Gasteiger partial charge in [-0.2, -0.15) is 0 Å². The Bertz CT molecular complexity index is 1100. The molecule has 0 unspecified atom stereocenters. The number of nitro groups is 2. The SMILES string of the molecule is CC(C)(C)OC(=O)N[C@@H](Cc1ccccc1)C(=O)N1CCc2c([N+](=O)[O-])ccc([N+](=O)[O-])c21. The van der Waals surface area contributed by atoms with Gasteiger partial charge in [-0.05, 0) is 32.8 Å². The smallest absolute Gasteiger partial charge is 0.408 e. The molecule has 1 aliphatic rings. The van der Waals surface area contributed by atoms with Crippen LogP contribution in [0.25, 0.3) is 0 Å². The summed E-state index contributed by atoms with van der Waals surface area (Å²) in [6.45, 7) is 5.06. The Morgan fingerprint density at radius 3 is 2.24 bits per heavy atom. The van der Waals surface area contributed by atoms with Gasteiger partial charge in [0.2, 0.25) is 5.91 Å². The average Bonchev–Trinajstić information content (AvgIpc) is 3.16. The van der Waals surface area contributed by atoms with Crippen LogP contribution in [-0.4, -0.2) is 40.0 Å². The number of anilines is 1. The molecule has 0 aliphatic carbocycles. The van der Waals surface area contributed by atoms with Crippen molar-refractivity contribution >= 4 is 29.1 Å². The predicted octanol–water partition coefficient (Wildman–Crippen LogP) is 3.53. The molecule has 0 fully saturated rings. The van der Waals surface area contributed by atoms with Crippen LogP contribution in [0.2, 0.25) is 0 Å². The second-order valence-corrected chi connectivity index (χ2v) is 8.57. The molecule has 2 aromatic rings. The molecule has 11 nitrogen and oxygen atoms in total. The molecule has 0 aromatic heterocycles. The van der Waals surface area contributed by atoms with Crippen LogP contribution in [0.4, 0.5) is 21.9 Å². The van der Waals surface area contributed by atoms with Gasteiger partial charge in [-0.15, -0.1) is 0 Å². The molecule has 0 bridgehead atoms. The lowest BCUT2D eigenvalue weighted by Crippen LogP contribution is -2.50. The number of carbonyl (C=O) groups excluding carboxylic acids is 2. The van der Waals surface area contributed by atoms with E-state index in [1.165, 1.54) is 0 Å². The van der Waals surface area contributed by atoms with Gasteiger partial charge in [0.1, 0.15) is 17.3 Å². The van der Waals surface area contributed by atoms with Crippen LogP contribution < -0.4 is 10.2 Å². The molecule has 0 saturated carbocycles. The quantitative estimate of drug-likeness (QED) is 0.517. The molecular weight excluding hydrogens is 432 g/mol. The predicted molar refractivity (Wildman–Crippen MR) is 119 cm³/mol. The third kappa shape index (κ3) is 5.43. The molecule has 0 spiro atoms. The minimum Gasteiger partial charge on any atom is -0.444 e. The molecular formula is C22H24N4O7. The Hall–Kier alpha value is -4.02. The summed E-state index contributed by atoms with van der Waals surface area (Å²) >= 11 is 0. The molecule has 174 valence electrons. The molecule has 3 rings (SSSR count). The van der Waals surface area contributed by atoms with Gasteiger partial charge in [0, 0.05) is 25.1 Å². The molecule has 1 aliphatic heterocycles. The fraction of sp³-hybridized carbons (Fsp3) is 0.364. The summed E-state index contributed by atoms with van der Waals surface area (Å²) in [4.78, 5) is 48.9. The van der Waals surface area contributed by atoms with Gasteiger partial charge >= 0.3 is 6.09 Å². The van der Waals surface area contributed by atoms with Crippen molar-refractivity contribution in [3.05, 3.63) is 73.8 Å². The van der Waals surface area contributed by atoms with Crippen LogP contribution in [0.15, 0.2) is 42.5 Å². The highest BCUT2D eigenvalue weighted by Crippen LogP contribution is 2.42. The molecule has 0 saturated heterocycles. The van der Waals surface area contributed by atoms with Crippen molar-refractivity contribution in [3.8, 4) is 0 Å². The highest BCUT2D eigenvalue weighted by Gasteiger charge is 2.40. The lowest BCUT2D eigenvalue weighted by molar-refractivity contribution is -0.388. The van der Waals surface area contributed by atoms with Crippen LogP contribution in [-0.2, 0) is 22.4 Å². The van der Waals surface area contributed by atoms with Crippen molar-refractivity contribution in [2.45, 2.75) is 45.3 Å². The first kappa shape index (κ1) is 23.6. The van der Waals surface area contributed by atoms with E-state index >= 15 is 0 Å². The first-order valence-electron chi connectivity index (χ1n) is 10.3. The van der Waals surface area contributed by atoms with Crippen molar-refractivity contribution in [2.24, 2.45) is 0 Å². The van der Waals surface area contributed by atoms with E-state index in [4.69, 9.17) is 4.74 Å². The van der Waals surface area contributed by atoms with Gasteiger partial charge in [-0.3, -0.25) is 25.0 Å². The number of carbonyl (C=O) groups is 2. The summed E-state index contributed by atoms with van der Waals surface area (Å²) in [5.74, 6) is -0.618. The number of ether oxygens (including phenoxy) is 1. The van der Waals surface area contributed by atoms with Crippen LogP contribution in [0, 0.1) is 20.2 Å². The summed E-state index contributed by atoms with van der Waals surface area (Å²) < 4.78 is 5.28. The summed E-state index contributed by atoms with van der Waals surface area (Å²) in [7, 11) is 0. The van der Waals surface area contributed by atoms with E-state index in [0.29, 0.717) is 0 Å². The fourth-order valence-corrected chi connectivity index (χ4v) is 3.72. The highest BCUT2D eigenvalue weighted by atomic mass is 16.6. The number of nitro benzene ring substituents is 2. The number of hydrogen-bond donors (Lipinski definition) is 1. The third-order valence-electron chi connectivity index (χ3n) is 5.02. The Balaban J connectivity index is 1.99. The van der Waals surface area contributed by atoms with Crippen LogP contribution in [0.3, 0.4) is 0 Å². The minimum absolute atomic E-state index is 0.0150. The first-order valence-corrected chi connectivity index (χ1v) is 10.3. The van der Waals surface area contributed by atoms with Gasteiger partial charge in [0.25, 0.3) is 11.4 Å². The Morgan fingerprint density at radius 1 is 1.06 bits per heavy atom. The Kier molecular flexibility index (Phi) is 6.61. The van der Waals surface area contributed by atoms with Crippen LogP contribution in [0.5, 0.6) is 0 Å². The largest absolute Gasteiger partial charge is 0.444 e. The van der Waals surface area contributed by atoms with E-state index in [9.17, 15) is 29.8 Å². The molecule has 1 heterocycles. The summed E-state index contributed by atoms with van der Waals surface area (Å²) in [5, 5.41) is 25.6. The fourth-order valence-electron chi connectivity index (χ4n) is 3.72. The molecule has 1 atom stereocenters. The van der Waals surface area contributed by atoms with Crippen molar-refractivity contribution in [1.29, 1.82) is 0 Å². The number of fused-ring (bicyclic) bond motifs is 1. The molecule has 0 radical (unpaired) electrons. The molecule has 2 aromatic carbocycles. The topological polar surface area (TPSA) is 145 Å². The highest BCUT2D eigenvalue weighted by molar-refractivity contribution is 6.03. The van der Waals surface area contributed by atoms with E-state index in [1.54, 1.807) is 51.1 Å². The van der Waals surface area contributed by atoms with Crippen molar-refractivity contribution in [3.63, 3.8) is 0 Å². The zero-order valence-electron chi connectivity index (χ0n) is 18.4. The van der Waals surface area contributed by atoms with Crippen molar-refractivity contribution in [2.75, 3.05) is 11.4 Å². The van der Waals surface area contributed by atoms with Gasteiger partial charge < -0.3 is 15.0 Å². The van der Waals surface area contributed by atoms with E-state index in [-0.39, 0.29) is 36.3 Å². The van der Waals surface area contributed by atoms with Gasteiger partial charge in [0.15, 0.2) is 0 Å². The number of rotatable bonds is 6. The third-order valence-corrected chi connectivity index (χ3v) is 5.02. The number of benzene rings is 2. The number of amides is 2.